The lowest BCUT2D eigenvalue weighted by atomic mass is 10.2. The molecule has 26 heavy (non-hydrogen) atoms. The first-order valence-electron chi connectivity index (χ1n) is 8.22. The normalized spacial score (nSPS) is 11.5. The number of halogens is 2. The minimum absolute atomic E-state index is 0.182. The van der Waals surface area contributed by atoms with Crippen molar-refractivity contribution in [2.45, 2.75) is 26.4 Å². The summed E-state index contributed by atoms with van der Waals surface area (Å²) >= 11 is 12.0. The Bertz CT molecular complexity index is 796. The molecular formula is C19H20Cl2N2O3. The lowest BCUT2D eigenvalue weighted by molar-refractivity contribution is -0.122. The zero-order chi connectivity index (χ0) is 19.1. The Morgan fingerprint density at radius 3 is 2.62 bits per heavy atom. The molecule has 5 nitrogen and oxygen atoms in total. The Labute approximate surface area is 162 Å². The van der Waals surface area contributed by atoms with E-state index in [1.807, 2.05) is 6.92 Å². The number of nitrogens with one attached hydrogen (secondary N) is 2. The number of ether oxygens (including phenoxy) is 1. The molecule has 2 aromatic rings. The zero-order valence-electron chi connectivity index (χ0n) is 14.5. The van der Waals surface area contributed by atoms with Crippen molar-refractivity contribution < 1.29 is 14.3 Å². The van der Waals surface area contributed by atoms with Crippen LogP contribution < -0.4 is 15.4 Å². The fourth-order valence-corrected chi connectivity index (χ4v) is 2.48. The van der Waals surface area contributed by atoms with Crippen molar-refractivity contribution in [1.29, 1.82) is 0 Å². The highest BCUT2D eigenvalue weighted by molar-refractivity contribution is 6.42. The van der Waals surface area contributed by atoms with Gasteiger partial charge >= 0.3 is 0 Å². The number of benzene rings is 2. The summed E-state index contributed by atoms with van der Waals surface area (Å²) in [4.78, 5) is 24.4. The molecule has 0 heterocycles. The van der Waals surface area contributed by atoms with Gasteiger partial charge in [-0.2, -0.15) is 0 Å². The molecule has 1 atom stereocenters. The summed E-state index contributed by atoms with van der Waals surface area (Å²) in [6.07, 6.45) is 0.0480. The monoisotopic (exact) mass is 394 g/mol. The largest absolute Gasteiger partial charge is 0.479 e. The average Bonchev–Trinajstić information content (AvgIpc) is 2.63. The van der Waals surface area contributed by atoms with Crippen molar-refractivity contribution in [2.24, 2.45) is 0 Å². The van der Waals surface area contributed by atoms with E-state index in [1.165, 1.54) is 0 Å². The smallest absolute Gasteiger partial charge is 0.265 e. The van der Waals surface area contributed by atoms with Gasteiger partial charge < -0.3 is 15.4 Å². The molecule has 138 valence electrons. The topological polar surface area (TPSA) is 67.4 Å². The summed E-state index contributed by atoms with van der Waals surface area (Å²) in [5.41, 5.74) is 0.981. The molecule has 0 saturated carbocycles. The molecule has 0 bridgehead atoms. The highest BCUT2D eigenvalue weighted by Crippen LogP contribution is 2.32. The van der Waals surface area contributed by atoms with E-state index < -0.39 is 6.10 Å². The molecule has 1 unspecified atom stereocenters. The number of anilines is 1. The van der Waals surface area contributed by atoms with Gasteiger partial charge in [0.15, 0.2) is 6.10 Å². The molecule has 2 N–H and O–H groups in total. The Morgan fingerprint density at radius 1 is 1.15 bits per heavy atom. The van der Waals surface area contributed by atoms with Crippen molar-refractivity contribution in [2.75, 3.05) is 11.9 Å². The molecule has 2 rings (SSSR count). The van der Waals surface area contributed by atoms with Crippen molar-refractivity contribution in [3.05, 3.63) is 58.1 Å². The van der Waals surface area contributed by atoms with Gasteiger partial charge in [-0.05, 0) is 43.7 Å². The van der Waals surface area contributed by atoms with Crippen LogP contribution in [0.25, 0.3) is 0 Å². The van der Waals surface area contributed by atoms with Gasteiger partial charge in [-0.25, -0.2) is 0 Å². The second-order valence-electron chi connectivity index (χ2n) is 5.64. The standard InChI is InChI=1S/C19H20Cl2N2O3/c1-3-10-22-19(25)13-6-4-7-14(11-13)23-18(24)12(2)26-16-9-5-8-15(20)17(16)21/h4-9,11-12H,3,10H2,1-2H3,(H,22,25)(H,23,24). The Kier molecular flexibility index (Phi) is 7.30. The first-order valence-corrected chi connectivity index (χ1v) is 8.97. The van der Waals surface area contributed by atoms with Gasteiger partial charge in [-0.3, -0.25) is 9.59 Å². The second kappa shape index (κ2) is 9.46. The molecule has 0 aliphatic rings. The van der Waals surface area contributed by atoms with Gasteiger partial charge in [-0.1, -0.05) is 42.3 Å². The van der Waals surface area contributed by atoms with Crippen LogP contribution in [0.3, 0.4) is 0 Å². The lowest BCUT2D eigenvalue weighted by Gasteiger charge is -2.16. The molecular weight excluding hydrogens is 375 g/mol. The molecule has 0 aliphatic heterocycles. The molecule has 0 radical (unpaired) electrons. The van der Waals surface area contributed by atoms with Gasteiger partial charge in [0.1, 0.15) is 10.8 Å². The molecule has 2 aromatic carbocycles. The predicted molar refractivity (Wildman–Crippen MR) is 104 cm³/mol. The third-order valence-corrected chi connectivity index (χ3v) is 4.32. The summed E-state index contributed by atoms with van der Waals surface area (Å²) in [5.74, 6) is -0.223. The van der Waals surface area contributed by atoms with Crippen LogP contribution >= 0.6 is 23.2 Å². The van der Waals surface area contributed by atoms with Crippen LogP contribution in [0, 0.1) is 0 Å². The van der Waals surface area contributed by atoms with E-state index in [-0.39, 0.29) is 16.8 Å². The summed E-state index contributed by atoms with van der Waals surface area (Å²) in [7, 11) is 0. The number of amides is 2. The van der Waals surface area contributed by atoms with E-state index in [2.05, 4.69) is 10.6 Å². The van der Waals surface area contributed by atoms with Crippen molar-refractivity contribution in [1.82, 2.24) is 5.32 Å². The van der Waals surface area contributed by atoms with Gasteiger partial charge in [0.05, 0.1) is 5.02 Å². The number of carbonyl (C=O) groups is 2. The van der Waals surface area contributed by atoms with Crippen molar-refractivity contribution in [3.63, 3.8) is 0 Å². The van der Waals surface area contributed by atoms with Crippen molar-refractivity contribution >= 4 is 40.7 Å². The molecule has 0 aromatic heterocycles. The van der Waals surface area contributed by atoms with Gasteiger partial charge in [0, 0.05) is 17.8 Å². The van der Waals surface area contributed by atoms with Crippen LogP contribution in [0.5, 0.6) is 5.75 Å². The lowest BCUT2D eigenvalue weighted by Crippen LogP contribution is -2.30. The maximum atomic E-state index is 12.4. The van der Waals surface area contributed by atoms with E-state index in [4.69, 9.17) is 27.9 Å². The molecule has 0 aliphatic carbocycles. The number of hydrogen-bond acceptors (Lipinski definition) is 3. The predicted octanol–water partition coefficient (Wildman–Crippen LogP) is 4.54. The Hall–Kier alpha value is -2.24. The van der Waals surface area contributed by atoms with E-state index in [0.717, 1.165) is 6.42 Å². The number of rotatable bonds is 7. The van der Waals surface area contributed by atoms with Crippen LogP contribution in [0.2, 0.25) is 10.0 Å². The van der Waals surface area contributed by atoms with Crippen LogP contribution in [-0.2, 0) is 4.79 Å². The van der Waals surface area contributed by atoms with E-state index >= 15 is 0 Å². The van der Waals surface area contributed by atoms with Crippen molar-refractivity contribution in [3.8, 4) is 5.75 Å². The van der Waals surface area contributed by atoms with E-state index in [9.17, 15) is 9.59 Å². The molecule has 0 saturated heterocycles. The first kappa shape index (κ1) is 20.1. The highest BCUT2D eigenvalue weighted by atomic mass is 35.5. The SMILES string of the molecule is CCCNC(=O)c1cccc(NC(=O)C(C)Oc2cccc(Cl)c2Cl)c1. The first-order chi connectivity index (χ1) is 12.4. The molecule has 0 spiro atoms. The fourth-order valence-electron chi connectivity index (χ4n) is 2.14. The van der Waals surface area contributed by atoms with Gasteiger partial charge in [-0.15, -0.1) is 0 Å². The summed E-state index contributed by atoms with van der Waals surface area (Å²) in [6.45, 7) is 4.18. The maximum absolute atomic E-state index is 12.4. The maximum Gasteiger partial charge on any atom is 0.265 e. The number of hydrogen-bond donors (Lipinski definition) is 2. The van der Waals surface area contributed by atoms with Crippen LogP contribution in [-0.4, -0.2) is 24.5 Å². The van der Waals surface area contributed by atoms with Gasteiger partial charge in [0.2, 0.25) is 0 Å². The van der Waals surface area contributed by atoms with E-state index in [1.54, 1.807) is 49.4 Å². The highest BCUT2D eigenvalue weighted by Gasteiger charge is 2.17. The van der Waals surface area contributed by atoms with Crippen LogP contribution in [0.15, 0.2) is 42.5 Å². The summed E-state index contributed by atoms with van der Waals surface area (Å²) < 4.78 is 5.58. The Balaban J connectivity index is 2.02. The minimum Gasteiger partial charge on any atom is -0.479 e. The average molecular weight is 395 g/mol. The third-order valence-electron chi connectivity index (χ3n) is 3.52. The second-order valence-corrected chi connectivity index (χ2v) is 6.42. The quantitative estimate of drug-likeness (QED) is 0.724. The number of carbonyl (C=O) groups excluding carboxylic acids is 2. The van der Waals surface area contributed by atoms with Gasteiger partial charge in [0.25, 0.3) is 11.8 Å². The van der Waals surface area contributed by atoms with Crippen LogP contribution in [0.4, 0.5) is 5.69 Å². The molecule has 7 heteroatoms. The van der Waals surface area contributed by atoms with E-state index in [0.29, 0.717) is 28.6 Å². The zero-order valence-corrected chi connectivity index (χ0v) is 16.0. The summed E-state index contributed by atoms with van der Waals surface area (Å²) in [6, 6.07) is 11.7. The summed E-state index contributed by atoms with van der Waals surface area (Å²) in [5, 5.41) is 6.12. The fraction of sp³-hybridized carbons (Fsp3) is 0.263. The molecule has 2 amide bonds. The molecule has 0 fully saturated rings. The van der Waals surface area contributed by atoms with Crippen LogP contribution in [0.1, 0.15) is 30.6 Å². The third kappa shape index (κ3) is 5.38. The Morgan fingerprint density at radius 2 is 1.88 bits per heavy atom. The minimum atomic E-state index is -0.802.